The smallest absolute Gasteiger partial charge is 0.234 e. The highest BCUT2D eigenvalue weighted by Crippen LogP contribution is 2.41. The standard InChI is InChI=1S/C22H31N3O3/c1-28-19-8-6-16(7-9-19)21(15-2-3-15)24-20(26)14-25-12-10-18(11-13-25)23-22(27)17-4-5-17/h6-9,15,17-18,21H,2-5,10-14H2,1H3,(H,23,27)(H,24,26). The molecular formula is C22H31N3O3. The van der Waals surface area contributed by atoms with Crippen LogP contribution >= 0.6 is 0 Å². The first-order valence-electron chi connectivity index (χ1n) is 10.6. The number of likely N-dealkylation sites (tertiary alicyclic amines) is 1. The first-order chi connectivity index (χ1) is 13.6. The van der Waals surface area contributed by atoms with Crippen molar-refractivity contribution in [3.05, 3.63) is 29.8 Å². The van der Waals surface area contributed by atoms with Gasteiger partial charge in [0.15, 0.2) is 0 Å². The third kappa shape index (κ3) is 5.04. The molecule has 3 aliphatic rings. The minimum absolute atomic E-state index is 0.0909. The Bertz CT molecular complexity index is 689. The van der Waals surface area contributed by atoms with Crippen LogP contribution < -0.4 is 15.4 Å². The van der Waals surface area contributed by atoms with E-state index in [1.54, 1.807) is 7.11 Å². The monoisotopic (exact) mass is 385 g/mol. The van der Waals surface area contributed by atoms with Crippen molar-refractivity contribution in [3.63, 3.8) is 0 Å². The summed E-state index contributed by atoms with van der Waals surface area (Å²) >= 11 is 0. The van der Waals surface area contributed by atoms with Crippen molar-refractivity contribution in [1.82, 2.24) is 15.5 Å². The topological polar surface area (TPSA) is 70.7 Å². The van der Waals surface area contributed by atoms with Crippen LogP contribution in [0.5, 0.6) is 5.75 Å². The molecule has 0 radical (unpaired) electrons. The minimum Gasteiger partial charge on any atom is -0.497 e. The molecule has 2 amide bonds. The van der Waals surface area contributed by atoms with E-state index < -0.39 is 0 Å². The van der Waals surface area contributed by atoms with E-state index in [0.717, 1.165) is 50.1 Å². The van der Waals surface area contributed by atoms with E-state index in [4.69, 9.17) is 4.74 Å². The van der Waals surface area contributed by atoms with Gasteiger partial charge in [0.05, 0.1) is 19.7 Å². The highest BCUT2D eigenvalue weighted by molar-refractivity contribution is 5.81. The zero-order valence-electron chi connectivity index (χ0n) is 16.7. The van der Waals surface area contributed by atoms with E-state index in [2.05, 4.69) is 27.7 Å². The molecule has 6 nitrogen and oxygen atoms in total. The van der Waals surface area contributed by atoms with Crippen LogP contribution in [-0.2, 0) is 9.59 Å². The summed E-state index contributed by atoms with van der Waals surface area (Å²) in [5.74, 6) is 1.96. The van der Waals surface area contributed by atoms with Gasteiger partial charge >= 0.3 is 0 Å². The summed E-state index contributed by atoms with van der Waals surface area (Å²) in [5, 5.41) is 6.42. The lowest BCUT2D eigenvalue weighted by atomic mass is 10.0. The average Bonchev–Trinajstić information content (AvgIpc) is 3.60. The van der Waals surface area contributed by atoms with Crippen LogP contribution in [0, 0.1) is 11.8 Å². The molecule has 4 rings (SSSR count). The largest absolute Gasteiger partial charge is 0.497 e. The lowest BCUT2D eigenvalue weighted by molar-refractivity contribution is -0.125. The summed E-state index contributed by atoms with van der Waals surface area (Å²) in [5.41, 5.74) is 1.15. The number of ether oxygens (including phenoxy) is 1. The normalized spacial score (nSPS) is 21.8. The van der Waals surface area contributed by atoms with Gasteiger partial charge in [-0.2, -0.15) is 0 Å². The number of carbonyl (C=O) groups excluding carboxylic acids is 2. The molecule has 1 saturated heterocycles. The van der Waals surface area contributed by atoms with Gasteiger partial charge in [-0.1, -0.05) is 12.1 Å². The second-order valence-electron chi connectivity index (χ2n) is 8.49. The van der Waals surface area contributed by atoms with E-state index in [0.29, 0.717) is 12.5 Å². The molecule has 152 valence electrons. The second-order valence-corrected chi connectivity index (χ2v) is 8.49. The van der Waals surface area contributed by atoms with Crippen LogP contribution in [0.15, 0.2) is 24.3 Å². The molecule has 6 heteroatoms. The molecule has 0 aromatic heterocycles. The number of hydrogen-bond donors (Lipinski definition) is 2. The highest BCUT2D eigenvalue weighted by Gasteiger charge is 2.34. The number of nitrogens with zero attached hydrogens (tertiary/aromatic N) is 1. The minimum atomic E-state index is 0.0909. The molecule has 0 bridgehead atoms. The van der Waals surface area contributed by atoms with E-state index in [9.17, 15) is 9.59 Å². The fourth-order valence-electron chi connectivity index (χ4n) is 4.04. The second kappa shape index (κ2) is 8.52. The Morgan fingerprint density at radius 3 is 2.32 bits per heavy atom. The summed E-state index contributed by atoms with van der Waals surface area (Å²) in [4.78, 5) is 26.8. The molecule has 3 fully saturated rings. The van der Waals surface area contributed by atoms with Gasteiger partial charge in [-0.15, -0.1) is 0 Å². The molecule has 2 N–H and O–H groups in total. The van der Waals surface area contributed by atoms with Gasteiger partial charge in [-0.3, -0.25) is 14.5 Å². The van der Waals surface area contributed by atoms with Crippen LogP contribution in [0.2, 0.25) is 0 Å². The van der Waals surface area contributed by atoms with Crippen molar-refractivity contribution in [2.45, 2.75) is 50.6 Å². The summed E-state index contributed by atoms with van der Waals surface area (Å²) < 4.78 is 5.24. The lowest BCUT2D eigenvalue weighted by Crippen LogP contribution is -2.48. The van der Waals surface area contributed by atoms with Crippen LogP contribution in [0.3, 0.4) is 0 Å². The first kappa shape index (κ1) is 19.2. The summed E-state index contributed by atoms with van der Waals surface area (Å²) in [6.45, 7) is 2.15. The SMILES string of the molecule is COc1ccc(C(NC(=O)CN2CCC(NC(=O)C3CC3)CC2)C2CC2)cc1. The zero-order valence-corrected chi connectivity index (χ0v) is 16.7. The van der Waals surface area contributed by atoms with E-state index in [-0.39, 0.29) is 29.8 Å². The number of carbonyl (C=O) groups is 2. The Hall–Kier alpha value is -2.08. The molecule has 1 unspecified atom stereocenters. The molecule has 0 spiro atoms. The predicted molar refractivity (Wildman–Crippen MR) is 107 cm³/mol. The van der Waals surface area contributed by atoms with Gasteiger partial charge in [-0.05, 0) is 62.1 Å². The number of rotatable bonds is 8. The molecule has 1 aliphatic heterocycles. The summed E-state index contributed by atoms with van der Waals surface area (Å²) in [7, 11) is 1.66. The van der Waals surface area contributed by atoms with Crippen molar-refractivity contribution in [1.29, 1.82) is 0 Å². The molecular weight excluding hydrogens is 354 g/mol. The quantitative estimate of drug-likeness (QED) is 0.720. The first-order valence-corrected chi connectivity index (χ1v) is 10.6. The predicted octanol–water partition coefficient (Wildman–Crippen LogP) is 2.25. The number of amides is 2. The summed E-state index contributed by atoms with van der Waals surface area (Å²) in [6, 6.07) is 8.38. The molecule has 1 aromatic carbocycles. The lowest BCUT2D eigenvalue weighted by Gasteiger charge is -2.32. The molecule has 28 heavy (non-hydrogen) atoms. The van der Waals surface area contributed by atoms with E-state index >= 15 is 0 Å². The van der Waals surface area contributed by atoms with Crippen molar-refractivity contribution in [2.75, 3.05) is 26.7 Å². The van der Waals surface area contributed by atoms with Crippen LogP contribution in [0.25, 0.3) is 0 Å². The highest BCUT2D eigenvalue weighted by atomic mass is 16.5. The van der Waals surface area contributed by atoms with Crippen molar-refractivity contribution in [3.8, 4) is 5.75 Å². The Morgan fingerprint density at radius 1 is 1.07 bits per heavy atom. The van der Waals surface area contributed by atoms with Crippen LogP contribution in [0.4, 0.5) is 0 Å². The Morgan fingerprint density at radius 2 is 1.75 bits per heavy atom. The average molecular weight is 386 g/mol. The van der Waals surface area contributed by atoms with E-state index in [1.807, 2.05) is 12.1 Å². The molecule has 1 aromatic rings. The van der Waals surface area contributed by atoms with E-state index in [1.165, 1.54) is 12.8 Å². The maximum atomic E-state index is 12.7. The number of methoxy groups -OCH3 is 1. The Labute approximate surface area is 167 Å². The Kier molecular flexibility index (Phi) is 5.85. The number of piperidine rings is 1. The molecule has 1 atom stereocenters. The van der Waals surface area contributed by atoms with Gasteiger partial charge in [0, 0.05) is 25.0 Å². The van der Waals surface area contributed by atoms with Crippen LogP contribution in [0.1, 0.15) is 50.1 Å². The molecule has 2 saturated carbocycles. The van der Waals surface area contributed by atoms with Gasteiger partial charge in [0.1, 0.15) is 5.75 Å². The third-order valence-electron chi connectivity index (χ3n) is 6.13. The maximum absolute atomic E-state index is 12.7. The van der Waals surface area contributed by atoms with Crippen LogP contribution in [-0.4, -0.2) is 49.5 Å². The van der Waals surface area contributed by atoms with Gasteiger partial charge in [0.2, 0.25) is 11.8 Å². The van der Waals surface area contributed by atoms with Crippen molar-refractivity contribution in [2.24, 2.45) is 11.8 Å². The fourth-order valence-corrected chi connectivity index (χ4v) is 4.04. The van der Waals surface area contributed by atoms with Crippen molar-refractivity contribution < 1.29 is 14.3 Å². The zero-order chi connectivity index (χ0) is 19.5. The van der Waals surface area contributed by atoms with Gasteiger partial charge < -0.3 is 15.4 Å². The van der Waals surface area contributed by atoms with Gasteiger partial charge in [0.25, 0.3) is 0 Å². The maximum Gasteiger partial charge on any atom is 0.234 e. The summed E-state index contributed by atoms with van der Waals surface area (Å²) in [6.07, 6.45) is 6.28. The number of benzene rings is 1. The third-order valence-corrected chi connectivity index (χ3v) is 6.13. The Balaban J connectivity index is 1.24. The number of hydrogen-bond acceptors (Lipinski definition) is 4. The molecule has 1 heterocycles. The van der Waals surface area contributed by atoms with Gasteiger partial charge in [-0.25, -0.2) is 0 Å². The fraction of sp³-hybridized carbons (Fsp3) is 0.636. The van der Waals surface area contributed by atoms with Crippen molar-refractivity contribution >= 4 is 11.8 Å². The molecule has 2 aliphatic carbocycles. The number of nitrogens with one attached hydrogen (secondary N) is 2.